The number of rotatable bonds is 7. The Kier molecular flexibility index (Phi) is 5.74. The summed E-state index contributed by atoms with van der Waals surface area (Å²) >= 11 is 0. The van der Waals surface area contributed by atoms with Gasteiger partial charge < -0.3 is 10.1 Å². The third-order valence-electron chi connectivity index (χ3n) is 5.05. The number of hydrogen-bond acceptors (Lipinski definition) is 6. The summed E-state index contributed by atoms with van der Waals surface area (Å²) in [6.45, 7) is -0.189. The van der Waals surface area contributed by atoms with Crippen molar-refractivity contribution >= 4 is 28.8 Å². The van der Waals surface area contributed by atoms with Crippen molar-refractivity contribution in [3.8, 4) is 0 Å². The van der Waals surface area contributed by atoms with Crippen LogP contribution in [0.1, 0.15) is 18.0 Å². The molecule has 2 heterocycles. The lowest BCUT2D eigenvalue weighted by molar-refractivity contribution is -0.127. The van der Waals surface area contributed by atoms with Gasteiger partial charge in [0.2, 0.25) is 5.91 Å². The number of amides is 3. The van der Waals surface area contributed by atoms with Crippen LogP contribution in [0.25, 0.3) is 10.9 Å². The Morgan fingerprint density at radius 3 is 2.55 bits per heavy atom. The lowest BCUT2D eigenvalue weighted by atomic mass is 10.1. The van der Waals surface area contributed by atoms with E-state index in [0.29, 0.717) is 10.9 Å². The maximum absolute atomic E-state index is 12.6. The number of aryl methyl sites for hydroxylation is 1. The van der Waals surface area contributed by atoms with E-state index in [-0.39, 0.29) is 37.6 Å². The molecular formula is C22H20N4O5. The maximum Gasteiger partial charge on any atom is 0.417 e. The van der Waals surface area contributed by atoms with Gasteiger partial charge in [0.1, 0.15) is 0 Å². The first-order chi connectivity index (χ1) is 15.0. The molecule has 1 N–H and O–H groups in total. The largest absolute Gasteiger partial charge is 0.439 e. The lowest BCUT2D eigenvalue weighted by Gasteiger charge is -2.23. The monoisotopic (exact) mass is 420 g/mol. The standard InChI is InChI=1S/C22H20N4O5/c27-19(10-11-25-14-23-17-9-5-4-8-16(17)21(25)29)24-18(15-6-2-1-3-7-15)12-26-20(28)13-31-22(26)30/h1-9,14,18H,10-13H2,(H,24,27). The van der Waals surface area contributed by atoms with Gasteiger partial charge in [0.15, 0.2) is 6.61 Å². The first-order valence-electron chi connectivity index (χ1n) is 9.78. The molecule has 1 aromatic heterocycles. The molecule has 3 aromatic rings. The van der Waals surface area contributed by atoms with Crippen molar-refractivity contribution in [3.05, 3.63) is 76.8 Å². The maximum atomic E-state index is 12.6. The number of fused-ring (bicyclic) bond motifs is 1. The minimum atomic E-state index is -0.728. The van der Waals surface area contributed by atoms with Gasteiger partial charge >= 0.3 is 6.09 Å². The molecule has 0 saturated carbocycles. The van der Waals surface area contributed by atoms with E-state index in [0.717, 1.165) is 10.5 Å². The fraction of sp³-hybridized carbons (Fsp3) is 0.227. The highest BCUT2D eigenvalue weighted by Gasteiger charge is 2.33. The fourth-order valence-electron chi connectivity index (χ4n) is 3.41. The molecule has 0 aliphatic carbocycles. The van der Waals surface area contributed by atoms with Crippen molar-refractivity contribution in [3.63, 3.8) is 0 Å². The summed E-state index contributed by atoms with van der Waals surface area (Å²) in [6, 6.07) is 15.4. The second kappa shape index (κ2) is 8.78. The molecule has 0 radical (unpaired) electrons. The molecule has 2 aromatic carbocycles. The number of ether oxygens (including phenoxy) is 1. The van der Waals surface area contributed by atoms with Crippen molar-refractivity contribution in [2.45, 2.75) is 19.0 Å². The number of hydrogen-bond donors (Lipinski definition) is 1. The summed E-state index contributed by atoms with van der Waals surface area (Å²) in [6.07, 6.45) is 0.724. The van der Waals surface area contributed by atoms with E-state index < -0.39 is 18.0 Å². The van der Waals surface area contributed by atoms with Gasteiger partial charge in [-0.2, -0.15) is 0 Å². The molecule has 0 bridgehead atoms. The van der Waals surface area contributed by atoms with Crippen LogP contribution in [-0.4, -0.2) is 45.5 Å². The lowest BCUT2D eigenvalue weighted by Crippen LogP contribution is -2.40. The summed E-state index contributed by atoms with van der Waals surface area (Å²) in [5, 5.41) is 3.34. The predicted molar refractivity (Wildman–Crippen MR) is 111 cm³/mol. The van der Waals surface area contributed by atoms with Gasteiger partial charge in [0, 0.05) is 13.0 Å². The molecule has 1 aliphatic rings. The van der Waals surface area contributed by atoms with E-state index in [1.807, 2.05) is 6.07 Å². The Hall–Kier alpha value is -4.01. The van der Waals surface area contributed by atoms with Crippen LogP contribution in [0.3, 0.4) is 0 Å². The van der Waals surface area contributed by atoms with E-state index in [2.05, 4.69) is 10.3 Å². The average molecular weight is 420 g/mol. The second-order valence-electron chi connectivity index (χ2n) is 7.10. The van der Waals surface area contributed by atoms with E-state index >= 15 is 0 Å². The molecule has 1 unspecified atom stereocenters. The van der Waals surface area contributed by atoms with Gasteiger partial charge in [-0.3, -0.25) is 19.0 Å². The predicted octanol–water partition coefficient (Wildman–Crippen LogP) is 1.62. The highest BCUT2D eigenvalue weighted by atomic mass is 16.6. The molecule has 1 saturated heterocycles. The summed E-state index contributed by atoms with van der Waals surface area (Å²) in [5.74, 6) is -0.775. The minimum Gasteiger partial charge on any atom is -0.439 e. The Balaban J connectivity index is 1.46. The minimum absolute atomic E-state index is 0.0294. The summed E-state index contributed by atoms with van der Waals surface area (Å²) in [4.78, 5) is 54.2. The summed E-state index contributed by atoms with van der Waals surface area (Å²) in [7, 11) is 0. The Bertz CT molecular complexity index is 1180. The van der Waals surface area contributed by atoms with Gasteiger partial charge in [-0.1, -0.05) is 42.5 Å². The zero-order valence-corrected chi connectivity index (χ0v) is 16.6. The molecule has 0 spiro atoms. The molecule has 9 heteroatoms. The van der Waals surface area contributed by atoms with E-state index in [1.54, 1.807) is 48.5 Å². The van der Waals surface area contributed by atoms with Crippen molar-refractivity contribution in [2.24, 2.45) is 0 Å². The van der Waals surface area contributed by atoms with E-state index in [1.165, 1.54) is 10.9 Å². The van der Waals surface area contributed by atoms with Crippen molar-refractivity contribution in [1.82, 2.24) is 19.8 Å². The number of cyclic esters (lactones) is 1. The van der Waals surface area contributed by atoms with Crippen LogP contribution in [-0.2, 0) is 20.9 Å². The number of aromatic nitrogens is 2. The Morgan fingerprint density at radius 2 is 1.81 bits per heavy atom. The summed E-state index contributed by atoms with van der Waals surface area (Å²) < 4.78 is 6.14. The van der Waals surface area contributed by atoms with Gasteiger partial charge in [0.05, 0.1) is 29.8 Å². The van der Waals surface area contributed by atoms with E-state index in [4.69, 9.17) is 4.74 Å². The number of carbonyl (C=O) groups is 3. The number of carbonyl (C=O) groups excluding carboxylic acids is 3. The number of para-hydroxylation sites is 1. The van der Waals surface area contributed by atoms with E-state index in [9.17, 15) is 19.2 Å². The van der Waals surface area contributed by atoms with Crippen LogP contribution in [0.5, 0.6) is 0 Å². The average Bonchev–Trinajstić information content (AvgIpc) is 3.11. The molecule has 3 amide bonds. The summed E-state index contributed by atoms with van der Waals surface area (Å²) in [5.41, 5.74) is 1.12. The van der Waals surface area contributed by atoms with Crippen LogP contribution in [0.2, 0.25) is 0 Å². The number of imide groups is 1. The van der Waals surface area contributed by atoms with Crippen LogP contribution in [0.15, 0.2) is 65.7 Å². The molecular weight excluding hydrogens is 400 g/mol. The smallest absolute Gasteiger partial charge is 0.417 e. The molecule has 4 rings (SSSR count). The third-order valence-corrected chi connectivity index (χ3v) is 5.05. The zero-order valence-electron chi connectivity index (χ0n) is 16.6. The van der Waals surface area contributed by atoms with Crippen molar-refractivity contribution in [1.29, 1.82) is 0 Å². The van der Waals surface area contributed by atoms with Gasteiger partial charge in [0.25, 0.3) is 11.5 Å². The highest BCUT2D eigenvalue weighted by Crippen LogP contribution is 2.17. The van der Waals surface area contributed by atoms with Gasteiger partial charge in [-0.05, 0) is 17.7 Å². The number of benzene rings is 2. The van der Waals surface area contributed by atoms with Crippen LogP contribution >= 0.6 is 0 Å². The Labute approximate surface area is 177 Å². The normalized spacial score (nSPS) is 14.5. The first kappa shape index (κ1) is 20.3. The van der Waals surface area contributed by atoms with Crippen LogP contribution < -0.4 is 10.9 Å². The molecule has 31 heavy (non-hydrogen) atoms. The number of nitrogens with one attached hydrogen (secondary N) is 1. The quantitative estimate of drug-likeness (QED) is 0.622. The van der Waals surface area contributed by atoms with Gasteiger partial charge in [-0.15, -0.1) is 0 Å². The third kappa shape index (κ3) is 4.45. The molecule has 9 nitrogen and oxygen atoms in total. The second-order valence-corrected chi connectivity index (χ2v) is 7.10. The first-order valence-corrected chi connectivity index (χ1v) is 9.78. The molecule has 1 fully saturated rings. The van der Waals surface area contributed by atoms with Crippen LogP contribution in [0.4, 0.5) is 4.79 Å². The zero-order chi connectivity index (χ0) is 21.8. The van der Waals surface area contributed by atoms with Crippen molar-refractivity contribution in [2.75, 3.05) is 13.2 Å². The van der Waals surface area contributed by atoms with Crippen LogP contribution in [0, 0.1) is 0 Å². The topological polar surface area (TPSA) is 111 Å². The van der Waals surface area contributed by atoms with Gasteiger partial charge in [-0.25, -0.2) is 14.7 Å². The highest BCUT2D eigenvalue weighted by molar-refractivity contribution is 5.97. The fourth-order valence-corrected chi connectivity index (χ4v) is 3.41. The number of nitrogens with zero attached hydrogens (tertiary/aromatic N) is 3. The molecule has 1 aliphatic heterocycles. The molecule has 158 valence electrons. The van der Waals surface area contributed by atoms with Crippen molar-refractivity contribution < 1.29 is 19.1 Å². The molecule has 1 atom stereocenters. The Morgan fingerprint density at radius 1 is 1.06 bits per heavy atom. The SMILES string of the molecule is O=C(CCn1cnc2ccccc2c1=O)NC(CN1C(=O)COC1=O)c1ccccc1.